The molecule has 0 aromatic rings. The molecule has 0 bridgehead atoms. The Hall–Kier alpha value is -0.120. The quantitative estimate of drug-likeness (QED) is 0.379. The highest BCUT2D eigenvalue weighted by atomic mass is 127. The molecule has 0 aromatic heterocycles. The van der Waals surface area contributed by atoms with Crippen molar-refractivity contribution in [3.63, 3.8) is 0 Å². The van der Waals surface area contributed by atoms with E-state index in [-0.39, 0.29) is 29.5 Å². The molecule has 0 amide bonds. The predicted octanol–water partition coefficient (Wildman–Crippen LogP) is 1.85. The van der Waals surface area contributed by atoms with Gasteiger partial charge in [-0.15, -0.1) is 24.0 Å². The molecule has 3 fully saturated rings. The number of hydrogen-bond donors (Lipinski definition) is 1. The Kier molecular flexibility index (Phi) is 8.90. The molecule has 7 heteroatoms. The van der Waals surface area contributed by atoms with Crippen molar-refractivity contribution < 1.29 is 4.74 Å². The van der Waals surface area contributed by atoms with E-state index in [2.05, 4.69) is 39.1 Å². The number of halogens is 1. The van der Waals surface area contributed by atoms with Crippen molar-refractivity contribution in [3.8, 4) is 0 Å². The van der Waals surface area contributed by atoms with E-state index in [1.54, 1.807) is 0 Å². The van der Waals surface area contributed by atoms with Crippen LogP contribution >= 0.6 is 24.0 Å². The number of likely N-dealkylation sites (tertiary alicyclic amines) is 2. The Bertz CT molecular complexity index is 447. The van der Waals surface area contributed by atoms with E-state index in [1.165, 1.54) is 38.8 Å². The van der Waals surface area contributed by atoms with Gasteiger partial charge in [-0.1, -0.05) is 6.42 Å². The molecule has 3 heterocycles. The third-order valence-electron chi connectivity index (χ3n) is 6.53. The summed E-state index contributed by atoms with van der Waals surface area (Å²) in [5.74, 6) is 1.08. The molecule has 3 aliphatic heterocycles. The number of ether oxygens (including phenoxy) is 1. The molecule has 0 aliphatic carbocycles. The van der Waals surface area contributed by atoms with Crippen LogP contribution in [0.2, 0.25) is 0 Å². The lowest BCUT2D eigenvalue weighted by Gasteiger charge is -2.43. The molecule has 3 rings (SSSR count). The van der Waals surface area contributed by atoms with Crippen LogP contribution in [-0.4, -0.2) is 99.3 Å². The van der Waals surface area contributed by atoms with Gasteiger partial charge in [0.05, 0.1) is 0 Å². The van der Waals surface area contributed by atoms with Gasteiger partial charge < -0.3 is 19.9 Å². The average Bonchev–Trinajstić information content (AvgIpc) is 3.14. The highest BCUT2D eigenvalue weighted by molar-refractivity contribution is 14.0. The number of piperidine rings is 1. The second kappa shape index (κ2) is 10.4. The first kappa shape index (κ1) is 22.2. The van der Waals surface area contributed by atoms with Gasteiger partial charge in [0.25, 0.3) is 0 Å². The Morgan fingerprint density at radius 3 is 2.46 bits per heavy atom. The van der Waals surface area contributed by atoms with Crippen LogP contribution in [0.15, 0.2) is 4.99 Å². The average molecular weight is 479 g/mol. The van der Waals surface area contributed by atoms with Crippen molar-refractivity contribution in [1.82, 2.24) is 20.0 Å². The Morgan fingerprint density at radius 1 is 1.15 bits per heavy atom. The smallest absolute Gasteiger partial charge is 0.193 e. The van der Waals surface area contributed by atoms with Gasteiger partial charge in [0.2, 0.25) is 0 Å². The number of nitrogens with one attached hydrogen (secondary N) is 1. The minimum absolute atomic E-state index is 0. The zero-order valence-corrected chi connectivity index (χ0v) is 19.2. The van der Waals surface area contributed by atoms with Gasteiger partial charge in [0.15, 0.2) is 5.96 Å². The van der Waals surface area contributed by atoms with Crippen LogP contribution in [0, 0.1) is 0 Å². The summed E-state index contributed by atoms with van der Waals surface area (Å²) in [4.78, 5) is 12.1. The monoisotopic (exact) mass is 479 g/mol. The number of hydrogen-bond acceptors (Lipinski definition) is 4. The van der Waals surface area contributed by atoms with E-state index in [0.29, 0.717) is 6.04 Å². The van der Waals surface area contributed by atoms with Gasteiger partial charge in [-0.25, -0.2) is 0 Å². The maximum atomic E-state index is 5.59. The largest absolute Gasteiger partial charge is 0.381 e. The maximum Gasteiger partial charge on any atom is 0.193 e. The summed E-state index contributed by atoms with van der Waals surface area (Å²) in [6.07, 6.45) is 7.59. The summed E-state index contributed by atoms with van der Waals surface area (Å²) in [7, 11) is 6.30. The summed E-state index contributed by atoms with van der Waals surface area (Å²) in [6, 6.07) is 0.713. The molecule has 26 heavy (non-hydrogen) atoms. The highest BCUT2D eigenvalue weighted by Crippen LogP contribution is 2.25. The second-order valence-corrected chi connectivity index (χ2v) is 8.12. The number of guanidine groups is 1. The Morgan fingerprint density at radius 2 is 1.85 bits per heavy atom. The van der Waals surface area contributed by atoms with E-state index < -0.39 is 0 Å². The first-order valence-corrected chi connectivity index (χ1v) is 10.1. The van der Waals surface area contributed by atoms with Crippen LogP contribution in [0.4, 0.5) is 0 Å². The molecule has 0 aromatic carbocycles. The summed E-state index contributed by atoms with van der Waals surface area (Å²) >= 11 is 0. The van der Waals surface area contributed by atoms with Crippen LogP contribution in [0.1, 0.15) is 38.5 Å². The predicted molar refractivity (Wildman–Crippen MR) is 119 cm³/mol. The summed E-state index contributed by atoms with van der Waals surface area (Å²) in [5, 5.41) is 3.69. The van der Waals surface area contributed by atoms with Crippen LogP contribution in [-0.2, 0) is 4.74 Å². The number of likely N-dealkylation sites (N-methyl/N-ethyl adjacent to an activating group) is 1. The molecule has 3 aliphatic rings. The molecule has 3 saturated heterocycles. The van der Waals surface area contributed by atoms with Crippen molar-refractivity contribution >= 4 is 29.9 Å². The van der Waals surface area contributed by atoms with Crippen LogP contribution in [0.25, 0.3) is 0 Å². The summed E-state index contributed by atoms with van der Waals surface area (Å²) in [6.45, 7) is 7.48. The van der Waals surface area contributed by atoms with Crippen LogP contribution in [0.5, 0.6) is 0 Å². The molecule has 0 spiro atoms. The lowest BCUT2D eigenvalue weighted by atomic mass is 9.88. The first-order chi connectivity index (χ1) is 12.1. The fourth-order valence-corrected chi connectivity index (χ4v) is 4.63. The van der Waals surface area contributed by atoms with Crippen molar-refractivity contribution in [2.75, 3.05) is 67.1 Å². The van der Waals surface area contributed by atoms with Gasteiger partial charge in [-0.05, 0) is 59.3 Å². The molecular formula is C19H38IN5O. The lowest BCUT2D eigenvalue weighted by molar-refractivity contribution is -0.00522. The maximum absolute atomic E-state index is 5.59. The van der Waals surface area contributed by atoms with E-state index >= 15 is 0 Å². The van der Waals surface area contributed by atoms with Crippen molar-refractivity contribution in [1.29, 1.82) is 0 Å². The van der Waals surface area contributed by atoms with Gasteiger partial charge in [-0.2, -0.15) is 0 Å². The normalized spacial score (nSPS) is 27.5. The number of aliphatic imine (C=N–C) groups is 1. The van der Waals surface area contributed by atoms with E-state index in [1.807, 2.05) is 7.05 Å². The summed E-state index contributed by atoms with van der Waals surface area (Å²) in [5.41, 5.74) is 0.181. The molecule has 1 atom stereocenters. The van der Waals surface area contributed by atoms with Crippen molar-refractivity contribution in [2.24, 2.45) is 4.99 Å². The third kappa shape index (κ3) is 5.23. The minimum Gasteiger partial charge on any atom is -0.381 e. The molecular weight excluding hydrogens is 441 g/mol. The lowest BCUT2D eigenvalue weighted by Crippen LogP contribution is -2.57. The van der Waals surface area contributed by atoms with Crippen molar-refractivity contribution in [3.05, 3.63) is 0 Å². The molecule has 152 valence electrons. The topological polar surface area (TPSA) is 43.3 Å². The molecule has 6 nitrogen and oxygen atoms in total. The van der Waals surface area contributed by atoms with E-state index in [9.17, 15) is 0 Å². The zero-order chi connectivity index (χ0) is 17.7. The highest BCUT2D eigenvalue weighted by Gasteiger charge is 2.36. The second-order valence-electron chi connectivity index (χ2n) is 8.12. The van der Waals surface area contributed by atoms with Gasteiger partial charge in [-0.3, -0.25) is 9.89 Å². The Balaban J connectivity index is 0.00000243. The van der Waals surface area contributed by atoms with Gasteiger partial charge in [0, 0.05) is 51.5 Å². The zero-order valence-electron chi connectivity index (χ0n) is 16.9. The number of rotatable bonds is 4. The van der Waals surface area contributed by atoms with Crippen molar-refractivity contribution in [2.45, 2.75) is 50.1 Å². The number of nitrogens with zero attached hydrogens (tertiary/aromatic N) is 4. The van der Waals surface area contributed by atoms with E-state index in [0.717, 1.165) is 51.6 Å². The van der Waals surface area contributed by atoms with E-state index in [4.69, 9.17) is 4.74 Å². The SMILES string of the molecule is CN=C(NCC1(N(C)C)CCOCC1)N1CCC(N2CCCCC2)C1.I. The molecule has 1 unspecified atom stereocenters. The summed E-state index contributed by atoms with van der Waals surface area (Å²) < 4.78 is 5.59. The van der Waals surface area contributed by atoms with Crippen LogP contribution < -0.4 is 5.32 Å². The van der Waals surface area contributed by atoms with Gasteiger partial charge >= 0.3 is 0 Å². The van der Waals surface area contributed by atoms with Crippen LogP contribution in [0.3, 0.4) is 0 Å². The minimum atomic E-state index is 0. The third-order valence-corrected chi connectivity index (χ3v) is 6.53. The molecule has 1 N–H and O–H groups in total. The molecule has 0 radical (unpaired) electrons. The fourth-order valence-electron chi connectivity index (χ4n) is 4.63. The standard InChI is InChI=1S/C19H37N5O.HI/c1-20-18(21-16-19(22(2)3)8-13-25-14-9-19)24-12-7-17(15-24)23-10-5-4-6-11-23;/h17H,4-16H2,1-3H3,(H,20,21);1H. The molecule has 0 saturated carbocycles. The first-order valence-electron chi connectivity index (χ1n) is 10.1. The Labute approximate surface area is 176 Å². The fraction of sp³-hybridized carbons (Fsp3) is 0.947. The van der Waals surface area contributed by atoms with Gasteiger partial charge in [0.1, 0.15) is 0 Å².